The van der Waals surface area contributed by atoms with Gasteiger partial charge in [0.2, 0.25) is 5.84 Å². The molecule has 0 aromatic heterocycles. The van der Waals surface area contributed by atoms with Gasteiger partial charge in [0, 0.05) is 0 Å². The minimum Gasteiger partial charge on any atom is -0.475 e. The maximum atomic E-state index is 10.8. The molecule has 0 aromatic rings. The van der Waals surface area contributed by atoms with Crippen LogP contribution in [-0.4, -0.2) is 109 Å². The summed E-state index contributed by atoms with van der Waals surface area (Å²) in [7, 11) is 0. The summed E-state index contributed by atoms with van der Waals surface area (Å²) >= 11 is 0. The SMILES string of the molecule is C[C@H]1O[C@H](OC2[C@@H](O)[C@@H](O)C(O)[C@H](O)[C@H]2O)[C@@H](N)C[C@@H]1N=C(N)C(=O)O.O. The Hall–Kier alpha value is -1.42. The Morgan fingerprint density at radius 2 is 1.56 bits per heavy atom. The van der Waals surface area contributed by atoms with Crippen molar-refractivity contribution in [3.05, 3.63) is 0 Å². The Balaban J connectivity index is 0.00000364. The van der Waals surface area contributed by atoms with Crippen molar-refractivity contribution in [3.63, 3.8) is 0 Å². The number of hydrogen-bond donors (Lipinski definition) is 8. The molecule has 2 fully saturated rings. The molecule has 0 amide bonds. The first-order chi connectivity index (χ1) is 12.0. The van der Waals surface area contributed by atoms with Crippen LogP contribution in [0.5, 0.6) is 0 Å². The van der Waals surface area contributed by atoms with E-state index in [2.05, 4.69) is 4.99 Å². The van der Waals surface area contributed by atoms with Crippen molar-refractivity contribution in [2.24, 2.45) is 16.5 Å². The van der Waals surface area contributed by atoms with Crippen LogP contribution in [0.4, 0.5) is 0 Å². The van der Waals surface area contributed by atoms with Gasteiger partial charge >= 0.3 is 5.97 Å². The van der Waals surface area contributed by atoms with Crippen molar-refractivity contribution in [2.45, 2.75) is 74.4 Å². The van der Waals surface area contributed by atoms with Gasteiger partial charge in [0.05, 0.1) is 18.2 Å². The lowest BCUT2D eigenvalue weighted by Crippen LogP contribution is -2.66. The molecule has 158 valence electrons. The molecule has 27 heavy (non-hydrogen) atoms. The summed E-state index contributed by atoms with van der Waals surface area (Å²) in [6.45, 7) is 1.59. The van der Waals surface area contributed by atoms with Gasteiger partial charge in [-0.05, 0) is 13.3 Å². The molecule has 0 radical (unpaired) electrons. The largest absolute Gasteiger partial charge is 0.475 e. The summed E-state index contributed by atoms with van der Waals surface area (Å²) in [6, 6.07) is -1.46. The molecule has 0 bridgehead atoms. The molecule has 2 rings (SSSR count). The number of carboxylic acid groups (broad SMARTS) is 1. The first-order valence-electron chi connectivity index (χ1n) is 8.08. The van der Waals surface area contributed by atoms with Crippen LogP contribution >= 0.6 is 0 Å². The Labute approximate surface area is 154 Å². The van der Waals surface area contributed by atoms with Crippen molar-refractivity contribution in [3.8, 4) is 0 Å². The van der Waals surface area contributed by atoms with E-state index >= 15 is 0 Å². The van der Waals surface area contributed by atoms with Crippen molar-refractivity contribution in [1.29, 1.82) is 0 Å². The van der Waals surface area contributed by atoms with Gasteiger partial charge in [0.1, 0.15) is 36.6 Å². The van der Waals surface area contributed by atoms with E-state index in [9.17, 15) is 30.3 Å². The van der Waals surface area contributed by atoms with Crippen molar-refractivity contribution in [2.75, 3.05) is 0 Å². The van der Waals surface area contributed by atoms with Crippen molar-refractivity contribution in [1.82, 2.24) is 0 Å². The van der Waals surface area contributed by atoms with Crippen LogP contribution in [0.15, 0.2) is 4.99 Å². The summed E-state index contributed by atoms with van der Waals surface area (Å²) in [6.07, 6.45) is -11.7. The number of ether oxygens (including phenoxy) is 2. The van der Waals surface area contributed by atoms with Gasteiger partial charge in [-0.2, -0.15) is 0 Å². The zero-order chi connectivity index (χ0) is 19.8. The van der Waals surface area contributed by atoms with E-state index in [0.29, 0.717) is 0 Å². The van der Waals surface area contributed by atoms with Gasteiger partial charge in [-0.15, -0.1) is 0 Å². The molecule has 1 saturated carbocycles. The van der Waals surface area contributed by atoms with Crippen LogP contribution in [-0.2, 0) is 14.3 Å². The van der Waals surface area contributed by atoms with Gasteiger partial charge in [-0.25, -0.2) is 4.79 Å². The second-order valence-corrected chi connectivity index (χ2v) is 6.55. The number of carboxylic acids is 1. The highest BCUT2D eigenvalue weighted by Crippen LogP contribution is 2.29. The zero-order valence-electron chi connectivity index (χ0n) is 14.5. The van der Waals surface area contributed by atoms with Gasteiger partial charge in [0.25, 0.3) is 0 Å². The Kier molecular flexibility index (Phi) is 8.03. The standard InChI is InChI=1S/C14H25N3O9.H2O/c1-3-5(17-12(16)13(23)24)2-4(15)14(25-3)26-11-9(21)7(19)6(18)8(20)10(11)22;/h3-11,14,18-22H,2,15H2,1H3,(H2,16,17)(H,23,24);1H2/t3-,4+,5+,6?,7+,8+,9-,10+,11?,14-;/m1./s1. The molecule has 1 saturated heterocycles. The number of rotatable bonds is 3. The molecule has 2 aliphatic rings. The van der Waals surface area contributed by atoms with Gasteiger partial charge in [-0.1, -0.05) is 0 Å². The van der Waals surface area contributed by atoms with Gasteiger partial charge in [0.15, 0.2) is 6.29 Å². The van der Waals surface area contributed by atoms with Crippen molar-refractivity contribution >= 4 is 11.8 Å². The lowest BCUT2D eigenvalue weighted by atomic mass is 9.84. The molecule has 13 heteroatoms. The maximum Gasteiger partial charge on any atom is 0.370 e. The number of nitrogens with two attached hydrogens (primary N) is 2. The molecule has 13 nitrogen and oxygen atoms in total. The summed E-state index contributed by atoms with van der Waals surface area (Å²) in [4.78, 5) is 14.6. The average molecular weight is 397 g/mol. The monoisotopic (exact) mass is 397 g/mol. The lowest BCUT2D eigenvalue weighted by Gasteiger charge is -2.45. The highest BCUT2D eigenvalue weighted by atomic mass is 16.7. The summed E-state index contributed by atoms with van der Waals surface area (Å²) in [5, 5.41) is 57.8. The molecular formula is C14H27N3O10. The maximum absolute atomic E-state index is 10.8. The number of aliphatic carboxylic acids is 1. The van der Waals surface area contributed by atoms with E-state index < -0.39 is 72.9 Å². The van der Waals surface area contributed by atoms with Gasteiger partial charge < -0.3 is 57.1 Å². The normalized spacial score (nSPS) is 45.8. The highest BCUT2D eigenvalue weighted by molar-refractivity contribution is 6.33. The predicted octanol–water partition coefficient (Wildman–Crippen LogP) is -5.36. The van der Waals surface area contributed by atoms with Crippen molar-refractivity contribution < 1.29 is 50.4 Å². The third-order valence-electron chi connectivity index (χ3n) is 4.64. The molecule has 1 heterocycles. The molecule has 0 spiro atoms. The summed E-state index contributed by atoms with van der Waals surface area (Å²) in [5.41, 5.74) is 11.2. The quantitative estimate of drug-likeness (QED) is 0.165. The average Bonchev–Trinajstić information content (AvgIpc) is 2.58. The van der Waals surface area contributed by atoms with Crippen LogP contribution in [0.25, 0.3) is 0 Å². The fourth-order valence-electron chi connectivity index (χ4n) is 3.02. The third kappa shape index (κ3) is 4.90. The first kappa shape index (κ1) is 23.6. The Bertz CT molecular complexity index is 533. The van der Waals surface area contributed by atoms with Crippen LogP contribution in [0.3, 0.4) is 0 Å². The molecule has 0 aromatic carbocycles. The second-order valence-electron chi connectivity index (χ2n) is 6.55. The van der Waals surface area contributed by atoms with E-state index in [1.807, 2.05) is 0 Å². The third-order valence-corrected chi connectivity index (χ3v) is 4.64. The summed E-state index contributed by atoms with van der Waals surface area (Å²) < 4.78 is 11.0. The number of nitrogens with zero attached hydrogens (tertiary/aromatic N) is 1. The van der Waals surface area contributed by atoms with Gasteiger partial charge in [-0.3, -0.25) is 4.99 Å². The topological polar surface area (TPSA) is 253 Å². The number of aliphatic imine (C=N–C) groups is 1. The second kappa shape index (κ2) is 9.18. The molecular weight excluding hydrogens is 370 g/mol. The number of carbonyl (C=O) groups is 1. The molecule has 2 unspecified atom stereocenters. The number of amidine groups is 1. The summed E-state index contributed by atoms with van der Waals surface area (Å²) in [5.74, 6) is -1.96. The fourth-order valence-corrected chi connectivity index (χ4v) is 3.02. The number of hydrogen-bond acceptors (Lipinski definition) is 10. The van der Waals surface area contributed by atoms with E-state index in [0.717, 1.165) is 0 Å². The lowest BCUT2D eigenvalue weighted by molar-refractivity contribution is -0.293. The number of aliphatic hydroxyl groups excluding tert-OH is 5. The minimum absolute atomic E-state index is 0. The smallest absolute Gasteiger partial charge is 0.370 e. The first-order valence-corrected chi connectivity index (χ1v) is 8.08. The molecule has 1 aliphatic heterocycles. The molecule has 12 N–H and O–H groups in total. The van der Waals surface area contributed by atoms with Crippen LogP contribution in [0, 0.1) is 0 Å². The van der Waals surface area contributed by atoms with E-state index in [4.69, 9.17) is 26.0 Å². The number of aliphatic hydroxyl groups is 5. The Morgan fingerprint density at radius 1 is 1.07 bits per heavy atom. The molecule has 1 aliphatic carbocycles. The van der Waals surface area contributed by atoms with E-state index in [1.165, 1.54) is 0 Å². The van der Waals surface area contributed by atoms with E-state index in [-0.39, 0.29) is 11.9 Å². The van der Waals surface area contributed by atoms with Crippen LogP contribution in [0.1, 0.15) is 13.3 Å². The predicted molar refractivity (Wildman–Crippen MR) is 88.5 cm³/mol. The fraction of sp³-hybridized carbons (Fsp3) is 0.857. The van der Waals surface area contributed by atoms with Crippen LogP contribution < -0.4 is 11.5 Å². The highest BCUT2D eigenvalue weighted by Gasteiger charge is 2.50. The van der Waals surface area contributed by atoms with E-state index in [1.54, 1.807) is 6.92 Å². The minimum atomic E-state index is -1.74. The molecule has 10 atom stereocenters. The zero-order valence-corrected chi connectivity index (χ0v) is 14.5. The van der Waals surface area contributed by atoms with Crippen LogP contribution in [0.2, 0.25) is 0 Å². The Morgan fingerprint density at radius 3 is 2.04 bits per heavy atom.